The Morgan fingerprint density at radius 1 is 1.12 bits per heavy atom. The third-order valence-electron chi connectivity index (χ3n) is 5.77. The fourth-order valence-electron chi connectivity index (χ4n) is 4.71. The summed E-state index contributed by atoms with van der Waals surface area (Å²) in [6, 6.07) is 12.4. The Kier molecular flexibility index (Phi) is 11.8. The maximum absolute atomic E-state index is 5.73. The summed E-state index contributed by atoms with van der Waals surface area (Å²) >= 11 is -0.257. The molecule has 0 radical (unpaired) electrons. The molecular formula is C29H44ClN2ORu-2. The van der Waals surface area contributed by atoms with Crippen molar-refractivity contribution in [3.8, 4) is 5.75 Å². The van der Waals surface area contributed by atoms with Gasteiger partial charge in [-0.2, -0.15) is 0 Å². The summed E-state index contributed by atoms with van der Waals surface area (Å²) < 4.78 is 7.60. The number of para-hydroxylation sites is 1. The minimum absolute atomic E-state index is 0. The number of aryl methyl sites for hydroxylation is 2. The van der Waals surface area contributed by atoms with Crippen LogP contribution in [0.5, 0.6) is 5.75 Å². The van der Waals surface area contributed by atoms with E-state index in [1.807, 2.05) is 36.7 Å². The van der Waals surface area contributed by atoms with Crippen molar-refractivity contribution < 1.29 is 20.4 Å². The minimum Gasteiger partial charge on any atom is -0.517 e. The number of nitrogens with two attached hydrogens (primary N) is 1. The molecule has 1 fully saturated rings. The number of hydrogen-bond acceptors (Lipinski definition) is 3. The molecule has 0 bridgehead atoms. The third-order valence-corrected chi connectivity index (χ3v) is 6.96. The van der Waals surface area contributed by atoms with Crippen LogP contribution in [0.2, 0.25) is 0 Å². The Morgan fingerprint density at radius 3 is 2.15 bits per heavy atom. The standard InChI is InChI=1S/C18H28N.C10H13NO.CH3.ClH.Ru/c1-7-14-10-9-11-15(8-2)16(14)19-13-17(3,4)12-18(19,5)6;1-7(2)12-10-5-4-9(11)6-8(10)3;;;/h9-11,13H,7-8,12H2,1-6H3;3-7H,11H2,1-2H3;1H3;1H;/q-1;;-1;;+1/p-1. The molecule has 34 heavy (non-hydrogen) atoms. The molecule has 3 nitrogen and oxygen atoms in total. The van der Waals surface area contributed by atoms with Gasteiger partial charge in [0.25, 0.3) is 0 Å². The van der Waals surface area contributed by atoms with Crippen LogP contribution >= 0.6 is 9.69 Å². The van der Waals surface area contributed by atoms with Gasteiger partial charge in [-0.15, -0.1) is 5.41 Å². The average Bonchev–Trinajstić information content (AvgIpc) is 2.96. The van der Waals surface area contributed by atoms with Crippen molar-refractivity contribution >= 4 is 25.7 Å². The monoisotopic (exact) mass is 573 g/mol. The van der Waals surface area contributed by atoms with Gasteiger partial charge in [0.15, 0.2) is 0 Å². The maximum atomic E-state index is 5.73. The van der Waals surface area contributed by atoms with E-state index in [1.165, 1.54) is 23.2 Å². The average molecular weight is 573 g/mol. The molecule has 193 valence electrons. The Hall–Kier alpha value is -1.38. The number of anilines is 2. The first kappa shape index (κ1) is 30.7. The van der Waals surface area contributed by atoms with Gasteiger partial charge in [-0.3, -0.25) is 0 Å². The van der Waals surface area contributed by atoms with Gasteiger partial charge < -0.3 is 12.3 Å². The van der Waals surface area contributed by atoms with E-state index in [-0.39, 0.29) is 40.2 Å². The number of benzene rings is 2. The zero-order valence-electron chi connectivity index (χ0n) is 22.5. The van der Waals surface area contributed by atoms with Crippen LogP contribution in [0.1, 0.15) is 78.5 Å². The molecule has 5 heteroatoms. The first-order valence-corrected chi connectivity index (χ1v) is 15.1. The van der Waals surface area contributed by atoms with Crippen molar-refractivity contribution in [2.45, 2.75) is 86.3 Å². The Labute approximate surface area is 220 Å². The third kappa shape index (κ3) is 8.09. The normalized spacial score (nSPS) is 16.5. The van der Waals surface area contributed by atoms with Gasteiger partial charge in [0.2, 0.25) is 0 Å². The molecule has 2 N–H and O–H groups in total. The molecule has 3 rings (SSSR count). The molecule has 0 aromatic heterocycles. The fraction of sp³-hybridized carbons (Fsp3) is 0.483. The minimum atomic E-state index is -0.257. The molecule has 1 saturated heterocycles. The van der Waals surface area contributed by atoms with Crippen LogP contribution in [0.4, 0.5) is 11.4 Å². The summed E-state index contributed by atoms with van der Waals surface area (Å²) in [5.74, 6) is 0.851. The topological polar surface area (TPSA) is 38.5 Å². The largest absolute Gasteiger partial charge is 0.517 e. The van der Waals surface area contributed by atoms with E-state index in [2.05, 4.69) is 71.2 Å². The van der Waals surface area contributed by atoms with E-state index in [9.17, 15) is 0 Å². The first-order valence-electron chi connectivity index (χ1n) is 11.8. The Bertz CT molecular complexity index is 931. The molecule has 2 aromatic rings. The van der Waals surface area contributed by atoms with Crippen LogP contribution in [0, 0.1) is 19.4 Å². The molecule has 1 aliphatic heterocycles. The summed E-state index contributed by atoms with van der Waals surface area (Å²) in [4.78, 5) is 2.55. The second-order valence-corrected chi connectivity index (χ2v) is 12.0. The molecule has 1 aliphatic rings. The fourth-order valence-corrected chi connectivity index (χ4v) is 5.80. The van der Waals surface area contributed by atoms with Crippen molar-refractivity contribution in [3.63, 3.8) is 0 Å². The number of nitrogens with zero attached hydrogens (tertiary/aromatic N) is 1. The van der Waals surface area contributed by atoms with E-state index in [4.69, 9.17) is 20.2 Å². The van der Waals surface area contributed by atoms with E-state index >= 15 is 0 Å². The van der Waals surface area contributed by atoms with E-state index in [0.29, 0.717) is 0 Å². The van der Waals surface area contributed by atoms with Crippen molar-refractivity contribution in [2.24, 2.45) is 5.41 Å². The number of nitrogen functional groups attached to an aromatic ring is 1. The van der Waals surface area contributed by atoms with Crippen LogP contribution in [-0.4, -0.2) is 16.3 Å². The molecule has 1 heterocycles. The van der Waals surface area contributed by atoms with Gasteiger partial charge in [0.1, 0.15) is 0 Å². The van der Waals surface area contributed by atoms with E-state index in [0.717, 1.165) is 29.8 Å². The second kappa shape index (κ2) is 13.1. The maximum Gasteiger partial charge on any atom is 0.0140 e. The molecule has 0 saturated carbocycles. The summed E-state index contributed by atoms with van der Waals surface area (Å²) in [5, 5.41) is 0. The molecule has 2 aromatic carbocycles. The van der Waals surface area contributed by atoms with Gasteiger partial charge in [0, 0.05) is 11.2 Å². The predicted octanol–water partition coefficient (Wildman–Crippen LogP) is 7.88. The van der Waals surface area contributed by atoms with Gasteiger partial charge >= 0.3 is 95.6 Å². The molecule has 0 aliphatic carbocycles. The summed E-state index contributed by atoms with van der Waals surface area (Å²) in [5.41, 5.74) is 12.3. The summed E-state index contributed by atoms with van der Waals surface area (Å²) in [6.07, 6.45) is 3.58. The van der Waals surface area contributed by atoms with Crippen LogP contribution < -0.4 is 15.4 Å². The van der Waals surface area contributed by atoms with Crippen molar-refractivity contribution in [3.05, 3.63) is 67.1 Å². The SMILES string of the molecule is CC(C)Oc1ccc(N)cc1[CH]=[Ru][Cl].CCc1cccc(CC)c1N1[CH-]C(C)(C)CC1(C)C.[CH3-]. The Balaban J connectivity index is 0.000000346. The first-order chi connectivity index (χ1) is 15.4. The van der Waals surface area contributed by atoms with Gasteiger partial charge in [0.05, 0.1) is 0 Å². The van der Waals surface area contributed by atoms with Crippen LogP contribution in [-0.2, 0) is 28.5 Å². The van der Waals surface area contributed by atoms with Gasteiger partial charge in [-0.25, -0.2) is 6.54 Å². The summed E-state index contributed by atoms with van der Waals surface area (Å²) in [6.45, 7) is 20.4. The number of rotatable bonds is 6. The molecular weight excluding hydrogens is 529 g/mol. The number of ether oxygens (including phenoxy) is 1. The van der Waals surface area contributed by atoms with Crippen LogP contribution in [0.15, 0.2) is 36.4 Å². The predicted molar refractivity (Wildman–Crippen MR) is 149 cm³/mol. The molecule has 0 amide bonds. The van der Waals surface area contributed by atoms with Crippen molar-refractivity contribution in [1.82, 2.24) is 0 Å². The van der Waals surface area contributed by atoms with Crippen LogP contribution in [0.3, 0.4) is 0 Å². The smallest absolute Gasteiger partial charge is 0.0140 e. The van der Waals surface area contributed by atoms with Gasteiger partial charge in [-0.05, 0) is 37.8 Å². The van der Waals surface area contributed by atoms with E-state index < -0.39 is 0 Å². The number of halogens is 1. The molecule has 0 unspecified atom stereocenters. The van der Waals surface area contributed by atoms with Crippen LogP contribution in [0.25, 0.3) is 0 Å². The summed E-state index contributed by atoms with van der Waals surface area (Å²) in [7, 11) is 5.73. The van der Waals surface area contributed by atoms with E-state index in [1.54, 1.807) is 0 Å². The Morgan fingerprint density at radius 2 is 1.71 bits per heavy atom. The van der Waals surface area contributed by atoms with Crippen molar-refractivity contribution in [2.75, 3.05) is 10.6 Å². The number of hydrogen-bond donors (Lipinski definition) is 1. The molecule has 0 spiro atoms. The van der Waals surface area contributed by atoms with Crippen molar-refractivity contribution in [1.29, 1.82) is 0 Å². The quantitative estimate of drug-likeness (QED) is 0.217. The van der Waals surface area contributed by atoms with Gasteiger partial charge in [-0.1, -0.05) is 52.3 Å². The molecule has 0 atom stereocenters. The second-order valence-electron chi connectivity index (χ2n) is 10.3. The zero-order chi connectivity index (χ0) is 24.8. The zero-order valence-corrected chi connectivity index (χ0v) is 25.0.